The van der Waals surface area contributed by atoms with Crippen LogP contribution in [0.4, 0.5) is 5.13 Å². The molecular weight excluding hydrogens is 254 g/mol. The summed E-state index contributed by atoms with van der Waals surface area (Å²) in [6.45, 7) is 3.36. The van der Waals surface area contributed by atoms with Gasteiger partial charge in [-0.15, -0.1) is 0 Å². The maximum atomic E-state index is 4.92. The fourth-order valence-electron chi connectivity index (χ4n) is 3.00. The summed E-state index contributed by atoms with van der Waals surface area (Å²) < 4.78 is 0. The monoisotopic (exact) mass is 279 g/mol. The van der Waals surface area contributed by atoms with Gasteiger partial charge in [0.05, 0.1) is 5.69 Å². The van der Waals surface area contributed by atoms with E-state index in [0.717, 1.165) is 12.6 Å². The van der Waals surface area contributed by atoms with E-state index in [1.807, 2.05) is 11.3 Å². The fraction of sp³-hybridized carbons (Fsp3) is 0.800. The predicted octanol–water partition coefficient (Wildman–Crippen LogP) is 3.51. The number of thiazole rings is 1. The van der Waals surface area contributed by atoms with Crippen LogP contribution in [0.2, 0.25) is 0 Å². The quantitative estimate of drug-likeness (QED) is 0.894. The zero-order valence-corrected chi connectivity index (χ0v) is 12.9. The van der Waals surface area contributed by atoms with Crippen molar-refractivity contribution in [1.82, 2.24) is 10.3 Å². The Morgan fingerprint density at radius 3 is 2.84 bits per heavy atom. The van der Waals surface area contributed by atoms with Crippen molar-refractivity contribution in [1.29, 1.82) is 0 Å². The van der Waals surface area contributed by atoms with Crippen molar-refractivity contribution in [3.63, 3.8) is 0 Å². The molecule has 1 aromatic rings. The van der Waals surface area contributed by atoms with Crippen LogP contribution in [0.5, 0.6) is 0 Å². The van der Waals surface area contributed by atoms with Crippen LogP contribution in [0, 0.1) is 0 Å². The molecule has 0 spiro atoms. The number of aryl methyl sites for hydroxylation is 1. The third-order valence-corrected chi connectivity index (χ3v) is 5.81. The molecule has 1 aromatic heterocycles. The summed E-state index contributed by atoms with van der Waals surface area (Å²) >= 11 is 1.93. The standard InChI is InChI=1S/C15H25N3S/c1-3-10-16-12-8-5-9-13-14(12)19-15(17-13)18(2)11-6-4-7-11/h11-12,16H,3-10H2,1-2H3. The highest BCUT2D eigenvalue weighted by molar-refractivity contribution is 7.15. The van der Waals surface area contributed by atoms with Gasteiger partial charge in [0, 0.05) is 24.0 Å². The number of nitrogens with one attached hydrogen (secondary N) is 1. The zero-order valence-electron chi connectivity index (χ0n) is 12.1. The molecule has 106 valence electrons. The van der Waals surface area contributed by atoms with E-state index in [1.54, 1.807) is 0 Å². The minimum Gasteiger partial charge on any atom is -0.348 e. The first-order valence-electron chi connectivity index (χ1n) is 7.75. The topological polar surface area (TPSA) is 28.2 Å². The summed E-state index contributed by atoms with van der Waals surface area (Å²) in [6, 6.07) is 1.30. The van der Waals surface area contributed by atoms with E-state index in [9.17, 15) is 0 Å². The van der Waals surface area contributed by atoms with Crippen LogP contribution in [0.25, 0.3) is 0 Å². The molecule has 0 aliphatic heterocycles. The highest BCUT2D eigenvalue weighted by Crippen LogP contribution is 2.39. The molecule has 3 nitrogen and oxygen atoms in total. The minimum absolute atomic E-state index is 0.560. The normalized spacial score (nSPS) is 22.9. The summed E-state index contributed by atoms with van der Waals surface area (Å²) in [5.74, 6) is 0. The summed E-state index contributed by atoms with van der Waals surface area (Å²) in [5, 5.41) is 4.94. The maximum absolute atomic E-state index is 4.92. The van der Waals surface area contributed by atoms with E-state index in [1.165, 1.54) is 60.6 Å². The number of anilines is 1. The van der Waals surface area contributed by atoms with Crippen molar-refractivity contribution < 1.29 is 0 Å². The molecule has 0 saturated heterocycles. The highest BCUT2D eigenvalue weighted by atomic mass is 32.1. The highest BCUT2D eigenvalue weighted by Gasteiger charge is 2.28. The van der Waals surface area contributed by atoms with Crippen molar-refractivity contribution in [2.75, 3.05) is 18.5 Å². The smallest absolute Gasteiger partial charge is 0.185 e. The van der Waals surface area contributed by atoms with Gasteiger partial charge in [-0.2, -0.15) is 0 Å². The predicted molar refractivity (Wildman–Crippen MR) is 82.1 cm³/mol. The third kappa shape index (κ3) is 2.65. The van der Waals surface area contributed by atoms with Gasteiger partial charge >= 0.3 is 0 Å². The number of hydrogen-bond acceptors (Lipinski definition) is 4. The molecule has 3 rings (SSSR count). The van der Waals surface area contributed by atoms with Crippen LogP contribution in [0.1, 0.15) is 62.1 Å². The Kier molecular flexibility index (Phi) is 4.08. The van der Waals surface area contributed by atoms with Gasteiger partial charge in [-0.3, -0.25) is 0 Å². The Balaban J connectivity index is 1.76. The van der Waals surface area contributed by atoms with E-state index in [-0.39, 0.29) is 0 Å². The molecule has 1 atom stereocenters. The van der Waals surface area contributed by atoms with E-state index < -0.39 is 0 Å². The van der Waals surface area contributed by atoms with Crippen molar-refractivity contribution in [2.24, 2.45) is 0 Å². The Morgan fingerprint density at radius 1 is 1.32 bits per heavy atom. The van der Waals surface area contributed by atoms with Gasteiger partial charge in [0.15, 0.2) is 5.13 Å². The van der Waals surface area contributed by atoms with Crippen LogP contribution in [-0.2, 0) is 6.42 Å². The van der Waals surface area contributed by atoms with Gasteiger partial charge in [-0.1, -0.05) is 18.3 Å². The molecule has 1 unspecified atom stereocenters. The summed E-state index contributed by atoms with van der Waals surface area (Å²) in [7, 11) is 2.22. The molecule has 0 aromatic carbocycles. The first-order valence-corrected chi connectivity index (χ1v) is 8.57. The minimum atomic E-state index is 0.560. The number of rotatable bonds is 5. The van der Waals surface area contributed by atoms with Gasteiger partial charge < -0.3 is 10.2 Å². The molecule has 1 heterocycles. The average molecular weight is 279 g/mol. The Bertz CT molecular complexity index is 425. The molecular formula is C15H25N3S. The van der Waals surface area contributed by atoms with Crippen LogP contribution < -0.4 is 10.2 Å². The number of hydrogen-bond donors (Lipinski definition) is 1. The Labute approximate surface area is 120 Å². The van der Waals surface area contributed by atoms with Gasteiger partial charge in [0.25, 0.3) is 0 Å². The maximum Gasteiger partial charge on any atom is 0.185 e. The number of nitrogens with zero attached hydrogens (tertiary/aromatic N) is 2. The second kappa shape index (κ2) is 5.80. The average Bonchev–Trinajstić information content (AvgIpc) is 2.78. The number of fused-ring (bicyclic) bond motifs is 1. The van der Waals surface area contributed by atoms with Gasteiger partial charge in [0.2, 0.25) is 0 Å². The van der Waals surface area contributed by atoms with Gasteiger partial charge in [-0.05, 0) is 51.5 Å². The molecule has 1 saturated carbocycles. The van der Waals surface area contributed by atoms with E-state index in [0.29, 0.717) is 6.04 Å². The fourth-order valence-corrected chi connectivity index (χ4v) is 4.26. The second-order valence-corrected chi connectivity index (χ2v) is 6.91. The molecule has 0 bridgehead atoms. The molecule has 2 aliphatic carbocycles. The summed E-state index contributed by atoms with van der Waals surface area (Å²) in [6.07, 6.45) is 9.03. The molecule has 1 fully saturated rings. The lowest BCUT2D eigenvalue weighted by Gasteiger charge is -2.34. The lowest BCUT2D eigenvalue weighted by Crippen LogP contribution is -2.37. The summed E-state index contributed by atoms with van der Waals surface area (Å²) in [5.41, 5.74) is 1.37. The number of aromatic nitrogens is 1. The Morgan fingerprint density at radius 2 is 2.16 bits per heavy atom. The zero-order chi connectivity index (χ0) is 13.2. The van der Waals surface area contributed by atoms with E-state index in [2.05, 4.69) is 24.2 Å². The van der Waals surface area contributed by atoms with Gasteiger partial charge in [0.1, 0.15) is 0 Å². The van der Waals surface area contributed by atoms with Crippen molar-refractivity contribution in [3.8, 4) is 0 Å². The molecule has 1 N–H and O–H groups in total. The summed E-state index contributed by atoms with van der Waals surface area (Å²) in [4.78, 5) is 8.85. The van der Waals surface area contributed by atoms with Crippen molar-refractivity contribution >= 4 is 16.5 Å². The van der Waals surface area contributed by atoms with Gasteiger partial charge in [-0.25, -0.2) is 4.98 Å². The molecule has 4 heteroatoms. The Hall–Kier alpha value is -0.610. The van der Waals surface area contributed by atoms with Crippen LogP contribution >= 0.6 is 11.3 Å². The lowest BCUT2D eigenvalue weighted by molar-refractivity contribution is 0.400. The molecule has 0 radical (unpaired) electrons. The van der Waals surface area contributed by atoms with E-state index in [4.69, 9.17) is 4.98 Å². The van der Waals surface area contributed by atoms with Crippen LogP contribution in [-0.4, -0.2) is 24.6 Å². The van der Waals surface area contributed by atoms with Crippen molar-refractivity contribution in [3.05, 3.63) is 10.6 Å². The van der Waals surface area contributed by atoms with Crippen LogP contribution in [0.3, 0.4) is 0 Å². The lowest BCUT2D eigenvalue weighted by atomic mass is 9.92. The largest absolute Gasteiger partial charge is 0.348 e. The third-order valence-electron chi connectivity index (χ3n) is 4.50. The van der Waals surface area contributed by atoms with E-state index >= 15 is 0 Å². The first-order chi connectivity index (χ1) is 9.29. The molecule has 0 amide bonds. The molecule has 19 heavy (non-hydrogen) atoms. The molecule has 2 aliphatic rings. The SMILES string of the molecule is CCCNC1CCCc2nc(N(C)C3CCC3)sc21. The van der Waals surface area contributed by atoms with Crippen LogP contribution in [0.15, 0.2) is 0 Å². The second-order valence-electron chi connectivity index (χ2n) is 5.90. The van der Waals surface area contributed by atoms with Crippen molar-refractivity contribution in [2.45, 2.75) is 64.0 Å². The first kappa shape index (κ1) is 13.4.